The number of pyridine rings is 1. The summed E-state index contributed by atoms with van der Waals surface area (Å²) in [5, 5.41) is 2.74. The first-order valence-corrected chi connectivity index (χ1v) is 10.5. The van der Waals surface area contributed by atoms with E-state index < -0.39 is 17.5 Å². The van der Waals surface area contributed by atoms with Gasteiger partial charge >= 0.3 is 5.97 Å². The van der Waals surface area contributed by atoms with Crippen LogP contribution in [-0.4, -0.2) is 27.4 Å². The molecule has 0 fully saturated rings. The molecule has 0 bridgehead atoms. The van der Waals surface area contributed by atoms with Crippen molar-refractivity contribution in [3.8, 4) is 0 Å². The highest BCUT2D eigenvalue weighted by Gasteiger charge is 2.19. The number of hydrogen-bond acceptors (Lipinski definition) is 7. The number of fused-ring (bicyclic) bond motifs is 1. The lowest BCUT2D eigenvalue weighted by molar-refractivity contribution is -0.155. The molecule has 0 spiro atoms. The first-order valence-electron chi connectivity index (χ1n) is 8.72. The van der Waals surface area contributed by atoms with E-state index in [1.165, 1.54) is 0 Å². The van der Waals surface area contributed by atoms with Gasteiger partial charge in [0.2, 0.25) is 5.91 Å². The van der Waals surface area contributed by atoms with E-state index in [0.717, 1.165) is 25.9 Å². The molecule has 1 amide bonds. The summed E-state index contributed by atoms with van der Waals surface area (Å²) >= 11 is 3.22. The highest BCUT2D eigenvalue weighted by molar-refractivity contribution is 8.00. The molecule has 6 nitrogen and oxygen atoms in total. The van der Waals surface area contributed by atoms with Crippen LogP contribution in [0, 0.1) is 0 Å². The zero-order valence-electron chi connectivity index (χ0n) is 15.9. The number of aromatic nitrogens is 2. The van der Waals surface area contributed by atoms with Crippen LogP contribution in [0.1, 0.15) is 32.8 Å². The molecular formula is C20H21N3O3S2. The SMILES string of the molecule is CC(C)(C)OC(=O)CC(=O)Nc1ccc2nc(SCc3cccnc3)sc2c1. The number of carbonyl (C=O) groups excluding carboxylic acids is 2. The molecule has 1 N–H and O–H groups in total. The van der Waals surface area contributed by atoms with Gasteiger partial charge in [-0.05, 0) is 50.6 Å². The fraction of sp³-hybridized carbons (Fsp3) is 0.300. The summed E-state index contributed by atoms with van der Waals surface area (Å²) < 4.78 is 7.10. The Balaban J connectivity index is 1.60. The lowest BCUT2D eigenvalue weighted by Gasteiger charge is -2.19. The highest BCUT2D eigenvalue weighted by Crippen LogP contribution is 2.32. The Kier molecular flexibility index (Phi) is 6.31. The van der Waals surface area contributed by atoms with Crippen LogP contribution >= 0.6 is 23.1 Å². The fourth-order valence-electron chi connectivity index (χ4n) is 2.39. The molecule has 28 heavy (non-hydrogen) atoms. The molecule has 0 saturated heterocycles. The minimum atomic E-state index is -0.608. The van der Waals surface area contributed by atoms with E-state index in [4.69, 9.17) is 4.74 Å². The maximum absolute atomic E-state index is 12.1. The number of ether oxygens (including phenoxy) is 1. The number of anilines is 1. The van der Waals surface area contributed by atoms with Gasteiger partial charge in [-0.25, -0.2) is 4.98 Å². The Morgan fingerprint density at radius 2 is 2.07 bits per heavy atom. The van der Waals surface area contributed by atoms with Crippen LogP contribution in [0.2, 0.25) is 0 Å². The number of rotatable bonds is 6. The van der Waals surface area contributed by atoms with Crippen molar-refractivity contribution in [2.45, 2.75) is 42.9 Å². The number of amides is 1. The van der Waals surface area contributed by atoms with Gasteiger partial charge in [0, 0.05) is 23.8 Å². The van der Waals surface area contributed by atoms with E-state index in [1.807, 2.05) is 30.5 Å². The summed E-state index contributed by atoms with van der Waals surface area (Å²) in [6, 6.07) is 9.47. The van der Waals surface area contributed by atoms with Gasteiger partial charge in [0.25, 0.3) is 0 Å². The number of hydrogen-bond donors (Lipinski definition) is 1. The minimum Gasteiger partial charge on any atom is -0.460 e. The average molecular weight is 416 g/mol. The number of carbonyl (C=O) groups is 2. The van der Waals surface area contributed by atoms with Crippen molar-refractivity contribution in [1.82, 2.24) is 9.97 Å². The summed E-state index contributed by atoms with van der Waals surface area (Å²) in [5.74, 6) is -0.144. The second-order valence-corrected chi connectivity index (χ2v) is 9.38. The van der Waals surface area contributed by atoms with E-state index in [9.17, 15) is 9.59 Å². The van der Waals surface area contributed by atoms with Crippen LogP contribution < -0.4 is 5.32 Å². The maximum atomic E-state index is 12.1. The van der Waals surface area contributed by atoms with Crippen molar-refractivity contribution < 1.29 is 14.3 Å². The molecule has 146 valence electrons. The van der Waals surface area contributed by atoms with Crippen LogP contribution in [0.5, 0.6) is 0 Å². The molecule has 3 rings (SSSR count). The zero-order chi connectivity index (χ0) is 20.1. The van der Waals surface area contributed by atoms with E-state index in [0.29, 0.717) is 5.69 Å². The summed E-state index contributed by atoms with van der Waals surface area (Å²) in [7, 11) is 0. The largest absolute Gasteiger partial charge is 0.460 e. The van der Waals surface area contributed by atoms with E-state index >= 15 is 0 Å². The fourth-order valence-corrected chi connectivity index (χ4v) is 4.43. The molecule has 2 aromatic heterocycles. The summed E-state index contributed by atoms with van der Waals surface area (Å²) in [6.45, 7) is 5.30. The van der Waals surface area contributed by atoms with Gasteiger partial charge in [-0.3, -0.25) is 14.6 Å². The molecule has 1 aromatic carbocycles. The van der Waals surface area contributed by atoms with Crippen LogP contribution in [-0.2, 0) is 20.1 Å². The van der Waals surface area contributed by atoms with Crippen LogP contribution in [0.15, 0.2) is 47.1 Å². The van der Waals surface area contributed by atoms with Crippen LogP contribution in [0.25, 0.3) is 10.2 Å². The zero-order valence-corrected chi connectivity index (χ0v) is 17.5. The number of nitrogens with one attached hydrogen (secondary N) is 1. The standard InChI is InChI=1S/C20H21N3O3S2/c1-20(2,3)26-18(25)10-17(24)22-14-6-7-15-16(9-14)28-19(23-15)27-12-13-5-4-8-21-11-13/h4-9,11H,10,12H2,1-3H3,(H,22,24). The van der Waals surface area contributed by atoms with E-state index in [-0.39, 0.29) is 6.42 Å². The quantitative estimate of drug-likeness (QED) is 0.358. The molecule has 0 aliphatic carbocycles. The van der Waals surface area contributed by atoms with E-state index in [1.54, 1.807) is 56.1 Å². The summed E-state index contributed by atoms with van der Waals surface area (Å²) in [6.07, 6.45) is 3.29. The number of benzene rings is 1. The number of thiazole rings is 1. The monoisotopic (exact) mass is 415 g/mol. The third-order valence-corrected chi connectivity index (χ3v) is 5.69. The molecule has 0 saturated carbocycles. The van der Waals surface area contributed by atoms with Crippen molar-refractivity contribution >= 4 is 50.9 Å². The van der Waals surface area contributed by atoms with Crippen molar-refractivity contribution in [3.05, 3.63) is 48.3 Å². The Morgan fingerprint density at radius 1 is 1.25 bits per heavy atom. The predicted molar refractivity (Wildman–Crippen MR) is 113 cm³/mol. The second-order valence-electron chi connectivity index (χ2n) is 7.12. The van der Waals surface area contributed by atoms with Gasteiger partial charge in [-0.2, -0.15) is 0 Å². The van der Waals surface area contributed by atoms with Gasteiger partial charge in [-0.15, -0.1) is 11.3 Å². The highest BCUT2D eigenvalue weighted by atomic mass is 32.2. The lowest BCUT2D eigenvalue weighted by Crippen LogP contribution is -2.27. The van der Waals surface area contributed by atoms with Crippen molar-refractivity contribution in [2.24, 2.45) is 0 Å². The summed E-state index contributed by atoms with van der Waals surface area (Å²) in [5.41, 5.74) is 2.04. The number of thioether (sulfide) groups is 1. The Hall–Kier alpha value is -2.45. The Labute approximate surface area is 171 Å². The third-order valence-electron chi connectivity index (χ3n) is 3.46. The minimum absolute atomic E-state index is 0.315. The Morgan fingerprint density at radius 3 is 2.79 bits per heavy atom. The van der Waals surface area contributed by atoms with Gasteiger partial charge < -0.3 is 10.1 Å². The lowest BCUT2D eigenvalue weighted by atomic mass is 10.2. The molecule has 8 heteroatoms. The van der Waals surface area contributed by atoms with Gasteiger partial charge in [0.1, 0.15) is 12.0 Å². The molecular weight excluding hydrogens is 394 g/mol. The number of nitrogens with zero attached hydrogens (tertiary/aromatic N) is 2. The van der Waals surface area contributed by atoms with Gasteiger partial charge in [0.15, 0.2) is 4.34 Å². The molecule has 3 aromatic rings. The van der Waals surface area contributed by atoms with Crippen LogP contribution in [0.3, 0.4) is 0 Å². The maximum Gasteiger partial charge on any atom is 0.315 e. The Bertz CT molecular complexity index is 981. The predicted octanol–water partition coefficient (Wildman–Crippen LogP) is 4.65. The van der Waals surface area contributed by atoms with Crippen molar-refractivity contribution in [1.29, 1.82) is 0 Å². The first-order chi connectivity index (χ1) is 13.3. The second kappa shape index (κ2) is 8.70. The third kappa shape index (κ3) is 6.03. The van der Waals surface area contributed by atoms with Gasteiger partial charge in [-0.1, -0.05) is 17.8 Å². The van der Waals surface area contributed by atoms with Crippen LogP contribution in [0.4, 0.5) is 5.69 Å². The van der Waals surface area contributed by atoms with Crippen molar-refractivity contribution in [2.75, 3.05) is 5.32 Å². The molecule has 0 unspecified atom stereocenters. The van der Waals surface area contributed by atoms with E-state index in [2.05, 4.69) is 15.3 Å². The average Bonchev–Trinajstić information content (AvgIpc) is 3.01. The smallest absolute Gasteiger partial charge is 0.315 e. The molecule has 0 aliphatic rings. The van der Waals surface area contributed by atoms with Crippen molar-refractivity contribution in [3.63, 3.8) is 0 Å². The molecule has 0 aliphatic heterocycles. The van der Waals surface area contributed by atoms with Gasteiger partial charge in [0.05, 0.1) is 10.2 Å². The topological polar surface area (TPSA) is 81.2 Å². The number of esters is 1. The molecule has 0 atom stereocenters. The first kappa shape index (κ1) is 20.3. The molecule has 0 radical (unpaired) electrons. The normalized spacial score (nSPS) is 11.4. The summed E-state index contributed by atoms with van der Waals surface area (Å²) in [4.78, 5) is 32.6. The molecule has 2 heterocycles.